The van der Waals surface area contributed by atoms with Gasteiger partial charge in [-0.25, -0.2) is 4.98 Å². The Balaban J connectivity index is 1.23. The van der Waals surface area contributed by atoms with Crippen molar-refractivity contribution in [3.8, 4) is 11.8 Å². The summed E-state index contributed by atoms with van der Waals surface area (Å²) in [6.07, 6.45) is 4.84. The second-order valence-corrected chi connectivity index (χ2v) is 8.03. The van der Waals surface area contributed by atoms with Crippen LogP contribution in [0.5, 0.6) is 5.75 Å². The van der Waals surface area contributed by atoms with Crippen molar-refractivity contribution in [2.24, 2.45) is 0 Å². The molecule has 2 amide bonds. The van der Waals surface area contributed by atoms with Gasteiger partial charge in [-0.2, -0.15) is 5.26 Å². The molecule has 8 heteroatoms. The van der Waals surface area contributed by atoms with Crippen molar-refractivity contribution in [1.29, 1.82) is 5.26 Å². The molecule has 0 aliphatic carbocycles. The third-order valence-electron chi connectivity index (χ3n) is 5.83. The number of hydrogen-bond acceptors (Lipinski definition) is 6. The van der Waals surface area contributed by atoms with E-state index in [0.717, 1.165) is 36.4 Å². The largest absolute Gasteiger partial charge is 0.494 e. The molecule has 1 N–H and O–H groups in total. The Morgan fingerprint density at radius 2 is 2.09 bits per heavy atom. The van der Waals surface area contributed by atoms with Gasteiger partial charge in [0.25, 0.3) is 0 Å². The first kappa shape index (κ1) is 21.6. The minimum Gasteiger partial charge on any atom is -0.494 e. The lowest BCUT2D eigenvalue weighted by Crippen LogP contribution is -2.35. The predicted octanol–water partition coefficient (Wildman–Crippen LogP) is 2.74. The maximum absolute atomic E-state index is 12.7. The quantitative estimate of drug-likeness (QED) is 0.704. The van der Waals surface area contributed by atoms with E-state index in [9.17, 15) is 14.9 Å². The minimum absolute atomic E-state index is 0.0480. The number of fused-ring (bicyclic) bond motifs is 1. The number of nitrogens with one attached hydrogen (secondary N) is 1. The zero-order valence-corrected chi connectivity index (χ0v) is 18.0. The predicted molar refractivity (Wildman–Crippen MR) is 120 cm³/mol. The molecule has 0 spiro atoms. The third kappa shape index (κ3) is 5.17. The number of rotatable bonds is 6. The van der Waals surface area contributed by atoms with Crippen LogP contribution in [0.15, 0.2) is 36.5 Å². The van der Waals surface area contributed by atoms with E-state index < -0.39 is 0 Å². The Labute approximate surface area is 187 Å². The van der Waals surface area contributed by atoms with Crippen LogP contribution < -0.4 is 15.0 Å². The van der Waals surface area contributed by atoms with Gasteiger partial charge in [0.15, 0.2) is 0 Å². The van der Waals surface area contributed by atoms with Crippen LogP contribution in [0, 0.1) is 11.3 Å². The SMILES string of the molecule is N#Cc1cccnc1N1CCCN(C(=O)CCCOc2ccc3c(c2)CCC(=O)N3)CC1. The summed E-state index contributed by atoms with van der Waals surface area (Å²) in [5.74, 6) is 1.64. The average Bonchev–Trinajstić information content (AvgIpc) is 3.08. The summed E-state index contributed by atoms with van der Waals surface area (Å²) in [7, 11) is 0. The molecule has 1 saturated heterocycles. The zero-order chi connectivity index (χ0) is 22.3. The van der Waals surface area contributed by atoms with E-state index in [0.29, 0.717) is 56.9 Å². The van der Waals surface area contributed by atoms with Crippen LogP contribution in [0.4, 0.5) is 11.5 Å². The number of aromatic nitrogens is 1. The molecule has 8 nitrogen and oxygen atoms in total. The number of carbonyl (C=O) groups is 2. The van der Waals surface area contributed by atoms with Crippen molar-refractivity contribution in [2.45, 2.75) is 32.1 Å². The highest BCUT2D eigenvalue weighted by atomic mass is 16.5. The lowest BCUT2D eigenvalue weighted by Gasteiger charge is -2.23. The first-order valence-corrected chi connectivity index (χ1v) is 11.1. The number of benzene rings is 1. The van der Waals surface area contributed by atoms with Crippen molar-refractivity contribution >= 4 is 23.3 Å². The number of hydrogen-bond donors (Lipinski definition) is 1. The monoisotopic (exact) mass is 433 g/mol. The number of anilines is 2. The van der Waals surface area contributed by atoms with Crippen LogP contribution in [0.2, 0.25) is 0 Å². The molecular formula is C24H27N5O3. The van der Waals surface area contributed by atoms with Gasteiger partial charge in [-0.05, 0) is 55.2 Å². The first-order chi connectivity index (χ1) is 15.6. The molecule has 2 aromatic rings. The molecule has 32 heavy (non-hydrogen) atoms. The van der Waals surface area contributed by atoms with Crippen LogP contribution in [0.1, 0.15) is 36.8 Å². The third-order valence-corrected chi connectivity index (χ3v) is 5.83. The normalized spacial score (nSPS) is 15.9. The molecule has 0 atom stereocenters. The van der Waals surface area contributed by atoms with Gasteiger partial charge in [-0.3, -0.25) is 9.59 Å². The summed E-state index contributed by atoms with van der Waals surface area (Å²) in [6.45, 7) is 3.24. The summed E-state index contributed by atoms with van der Waals surface area (Å²) in [4.78, 5) is 32.5. The van der Waals surface area contributed by atoms with Gasteiger partial charge in [-0.15, -0.1) is 0 Å². The summed E-state index contributed by atoms with van der Waals surface area (Å²) >= 11 is 0. The molecular weight excluding hydrogens is 406 g/mol. The molecule has 2 aliphatic heterocycles. The summed E-state index contributed by atoms with van der Waals surface area (Å²) < 4.78 is 5.83. The van der Waals surface area contributed by atoms with Crippen LogP contribution in [0.25, 0.3) is 0 Å². The molecule has 0 radical (unpaired) electrons. The molecule has 4 rings (SSSR count). The molecule has 0 bridgehead atoms. The molecule has 0 unspecified atom stereocenters. The zero-order valence-electron chi connectivity index (χ0n) is 18.0. The lowest BCUT2D eigenvalue weighted by molar-refractivity contribution is -0.131. The van der Waals surface area contributed by atoms with Crippen LogP contribution in [-0.2, 0) is 16.0 Å². The van der Waals surface area contributed by atoms with Gasteiger partial charge in [0.2, 0.25) is 11.8 Å². The van der Waals surface area contributed by atoms with E-state index in [-0.39, 0.29) is 11.8 Å². The minimum atomic E-state index is 0.0480. The second-order valence-electron chi connectivity index (χ2n) is 8.03. The van der Waals surface area contributed by atoms with E-state index in [2.05, 4.69) is 21.3 Å². The van der Waals surface area contributed by atoms with Crippen molar-refractivity contribution in [3.63, 3.8) is 0 Å². The Morgan fingerprint density at radius 1 is 1.19 bits per heavy atom. The topological polar surface area (TPSA) is 98.6 Å². The highest BCUT2D eigenvalue weighted by Crippen LogP contribution is 2.27. The Bertz CT molecular complexity index is 1030. The molecule has 166 valence electrons. The first-order valence-electron chi connectivity index (χ1n) is 11.1. The van der Waals surface area contributed by atoms with E-state index in [1.165, 1.54) is 0 Å². The summed E-state index contributed by atoms with van der Waals surface area (Å²) in [5, 5.41) is 12.2. The summed E-state index contributed by atoms with van der Waals surface area (Å²) in [5.41, 5.74) is 2.50. The molecule has 3 heterocycles. The number of ether oxygens (including phenoxy) is 1. The standard InChI is InChI=1S/C24H27N5O3/c25-17-19-4-1-10-26-24(19)29-12-3-11-28(13-14-29)23(31)5-2-15-32-20-7-8-21-18(16-20)6-9-22(30)27-21/h1,4,7-8,10,16H,2-3,5-6,9,11-15H2,(H,27,30). The number of nitriles is 1. The number of nitrogens with zero attached hydrogens (tertiary/aromatic N) is 4. The molecule has 1 fully saturated rings. The smallest absolute Gasteiger partial charge is 0.224 e. The van der Waals surface area contributed by atoms with Crippen molar-refractivity contribution in [3.05, 3.63) is 47.7 Å². The number of pyridine rings is 1. The Hall–Kier alpha value is -3.60. The van der Waals surface area contributed by atoms with Gasteiger partial charge in [-0.1, -0.05) is 0 Å². The fourth-order valence-corrected chi connectivity index (χ4v) is 4.14. The van der Waals surface area contributed by atoms with Gasteiger partial charge >= 0.3 is 0 Å². The fourth-order valence-electron chi connectivity index (χ4n) is 4.14. The van der Waals surface area contributed by atoms with Crippen LogP contribution in [-0.4, -0.2) is 54.5 Å². The van der Waals surface area contributed by atoms with E-state index in [1.807, 2.05) is 23.1 Å². The number of aryl methyl sites for hydroxylation is 1. The fraction of sp³-hybridized carbons (Fsp3) is 0.417. The Morgan fingerprint density at radius 3 is 2.97 bits per heavy atom. The molecule has 1 aromatic heterocycles. The van der Waals surface area contributed by atoms with Gasteiger partial charge in [0.1, 0.15) is 17.6 Å². The van der Waals surface area contributed by atoms with E-state index in [4.69, 9.17) is 4.74 Å². The highest BCUT2D eigenvalue weighted by molar-refractivity contribution is 5.94. The second kappa shape index (κ2) is 10.1. The lowest BCUT2D eigenvalue weighted by atomic mass is 10.0. The maximum Gasteiger partial charge on any atom is 0.224 e. The molecule has 2 aliphatic rings. The summed E-state index contributed by atoms with van der Waals surface area (Å²) in [6, 6.07) is 11.4. The molecule has 1 aromatic carbocycles. The maximum atomic E-state index is 12.7. The highest BCUT2D eigenvalue weighted by Gasteiger charge is 2.21. The number of amides is 2. The van der Waals surface area contributed by atoms with Gasteiger partial charge < -0.3 is 19.9 Å². The van der Waals surface area contributed by atoms with Crippen molar-refractivity contribution < 1.29 is 14.3 Å². The van der Waals surface area contributed by atoms with Gasteiger partial charge in [0, 0.05) is 50.9 Å². The Kier molecular flexibility index (Phi) is 6.85. The van der Waals surface area contributed by atoms with Gasteiger partial charge in [0.05, 0.1) is 12.2 Å². The van der Waals surface area contributed by atoms with E-state index in [1.54, 1.807) is 18.3 Å². The van der Waals surface area contributed by atoms with Crippen molar-refractivity contribution in [2.75, 3.05) is 43.0 Å². The van der Waals surface area contributed by atoms with Crippen LogP contribution in [0.3, 0.4) is 0 Å². The number of carbonyl (C=O) groups excluding carboxylic acids is 2. The molecule has 0 saturated carbocycles. The van der Waals surface area contributed by atoms with E-state index >= 15 is 0 Å². The van der Waals surface area contributed by atoms with Crippen molar-refractivity contribution in [1.82, 2.24) is 9.88 Å². The van der Waals surface area contributed by atoms with Crippen LogP contribution >= 0.6 is 0 Å². The average molecular weight is 434 g/mol.